The van der Waals surface area contributed by atoms with Crippen molar-refractivity contribution in [2.24, 2.45) is 0 Å². The lowest BCUT2D eigenvalue weighted by Gasteiger charge is -1.96. The maximum Gasteiger partial charge on any atom is 0.225 e. The summed E-state index contributed by atoms with van der Waals surface area (Å²) in [5, 5.41) is 3.77. The second-order valence-electron chi connectivity index (χ2n) is 2.99. The molecule has 0 spiro atoms. The van der Waals surface area contributed by atoms with Gasteiger partial charge in [0.25, 0.3) is 0 Å². The van der Waals surface area contributed by atoms with Crippen LogP contribution in [-0.2, 0) is 11.3 Å². The number of anilines is 2. The van der Waals surface area contributed by atoms with E-state index < -0.39 is 0 Å². The highest BCUT2D eigenvalue weighted by atomic mass is 16.5. The quantitative estimate of drug-likeness (QED) is 0.733. The molecule has 8 heteroatoms. The summed E-state index contributed by atoms with van der Waals surface area (Å²) in [7, 11) is 1.56. The van der Waals surface area contributed by atoms with Gasteiger partial charge in [-0.1, -0.05) is 5.16 Å². The van der Waals surface area contributed by atoms with Crippen LogP contribution in [0.4, 0.5) is 11.9 Å². The molecule has 0 saturated heterocycles. The molecule has 0 fully saturated rings. The molecule has 2 heterocycles. The second-order valence-corrected chi connectivity index (χ2v) is 2.99. The van der Waals surface area contributed by atoms with E-state index in [9.17, 15) is 0 Å². The molecular formula is C8H10N6O2. The van der Waals surface area contributed by atoms with E-state index in [1.54, 1.807) is 13.2 Å². The molecule has 0 aromatic carbocycles. The van der Waals surface area contributed by atoms with Crippen molar-refractivity contribution in [1.82, 2.24) is 20.1 Å². The molecule has 0 aliphatic rings. The number of hydrogen-bond acceptors (Lipinski definition) is 8. The van der Waals surface area contributed by atoms with Gasteiger partial charge in [0.05, 0.1) is 0 Å². The van der Waals surface area contributed by atoms with Crippen LogP contribution in [-0.4, -0.2) is 27.2 Å². The largest absolute Gasteiger partial charge is 0.377 e. The van der Waals surface area contributed by atoms with E-state index in [0.29, 0.717) is 18.1 Å². The monoisotopic (exact) mass is 222 g/mol. The molecule has 0 bridgehead atoms. The second kappa shape index (κ2) is 4.11. The first-order valence-electron chi connectivity index (χ1n) is 4.41. The Hall–Kier alpha value is -2.22. The van der Waals surface area contributed by atoms with Gasteiger partial charge in [0.2, 0.25) is 11.9 Å². The summed E-state index contributed by atoms with van der Waals surface area (Å²) in [6, 6.07) is 1.65. The first-order valence-corrected chi connectivity index (χ1v) is 4.41. The smallest absolute Gasteiger partial charge is 0.225 e. The van der Waals surface area contributed by atoms with E-state index in [-0.39, 0.29) is 17.7 Å². The van der Waals surface area contributed by atoms with Crippen molar-refractivity contribution in [2.75, 3.05) is 18.6 Å². The molecule has 84 valence electrons. The van der Waals surface area contributed by atoms with Gasteiger partial charge in [-0.15, -0.1) is 0 Å². The lowest BCUT2D eigenvalue weighted by Crippen LogP contribution is -2.04. The topological polar surface area (TPSA) is 126 Å². The summed E-state index contributed by atoms with van der Waals surface area (Å²) in [4.78, 5) is 11.4. The van der Waals surface area contributed by atoms with Crippen LogP contribution in [0.2, 0.25) is 0 Å². The van der Waals surface area contributed by atoms with Crippen LogP contribution in [0.15, 0.2) is 10.6 Å². The average Bonchev–Trinajstić information content (AvgIpc) is 2.65. The van der Waals surface area contributed by atoms with E-state index in [1.165, 1.54) is 0 Å². The van der Waals surface area contributed by atoms with Gasteiger partial charge in [-0.2, -0.15) is 15.0 Å². The van der Waals surface area contributed by atoms with Crippen molar-refractivity contribution >= 4 is 11.9 Å². The van der Waals surface area contributed by atoms with Crippen molar-refractivity contribution in [2.45, 2.75) is 6.61 Å². The van der Waals surface area contributed by atoms with E-state index in [4.69, 9.17) is 20.7 Å². The van der Waals surface area contributed by atoms with Gasteiger partial charge in [0, 0.05) is 13.2 Å². The molecule has 2 aromatic rings. The van der Waals surface area contributed by atoms with Gasteiger partial charge in [0.1, 0.15) is 6.61 Å². The predicted molar refractivity (Wildman–Crippen MR) is 54.9 cm³/mol. The minimum atomic E-state index is 0.0405. The number of nitrogens with two attached hydrogens (primary N) is 2. The van der Waals surface area contributed by atoms with Gasteiger partial charge >= 0.3 is 0 Å². The number of nitrogen functional groups attached to an aromatic ring is 2. The van der Waals surface area contributed by atoms with E-state index in [0.717, 1.165) is 0 Å². The maximum absolute atomic E-state index is 5.44. The summed E-state index contributed by atoms with van der Waals surface area (Å²) in [6.45, 7) is 0.322. The summed E-state index contributed by atoms with van der Waals surface area (Å²) in [5.74, 6) is 0.920. The van der Waals surface area contributed by atoms with Gasteiger partial charge in [0.15, 0.2) is 17.3 Å². The molecule has 0 unspecified atom stereocenters. The number of hydrogen-bond donors (Lipinski definition) is 2. The first-order chi connectivity index (χ1) is 7.69. The third-order valence-electron chi connectivity index (χ3n) is 1.74. The highest BCUT2D eigenvalue weighted by molar-refractivity contribution is 5.51. The summed E-state index contributed by atoms with van der Waals surface area (Å²) in [5.41, 5.74) is 11.3. The van der Waals surface area contributed by atoms with Gasteiger partial charge in [-0.05, 0) is 0 Å². The number of methoxy groups -OCH3 is 1. The highest BCUT2D eigenvalue weighted by Gasteiger charge is 2.10. The highest BCUT2D eigenvalue weighted by Crippen LogP contribution is 2.16. The van der Waals surface area contributed by atoms with Crippen LogP contribution in [0.25, 0.3) is 11.5 Å². The van der Waals surface area contributed by atoms with Crippen molar-refractivity contribution < 1.29 is 9.26 Å². The van der Waals surface area contributed by atoms with Crippen molar-refractivity contribution in [1.29, 1.82) is 0 Å². The zero-order chi connectivity index (χ0) is 11.5. The fourth-order valence-corrected chi connectivity index (χ4v) is 1.15. The molecule has 4 N–H and O–H groups in total. The number of ether oxygens (including phenoxy) is 1. The zero-order valence-electron chi connectivity index (χ0n) is 8.54. The van der Waals surface area contributed by atoms with Crippen LogP contribution in [0.1, 0.15) is 5.76 Å². The molecule has 2 rings (SSSR count). The Labute approximate surface area is 90.6 Å². The van der Waals surface area contributed by atoms with Crippen LogP contribution < -0.4 is 11.5 Å². The Bertz CT molecular complexity index is 477. The molecule has 0 amide bonds. The minimum absolute atomic E-state index is 0.0405. The Morgan fingerprint density at radius 1 is 1.25 bits per heavy atom. The van der Waals surface area contributed by atoms with E-state index >= 15 is 0 Å². The third kappa shape index (κ3) is 2.06. The maximum atomic E-state index is 5.44. The molecule has 0 aliphatic heterocycles. The fourth-order valence-electron chi connectivity index (χ4n) is 1.15. The Balaban J connectivity index is 2.34. The van der Waals surface area contributed by atoms with Crippen molar-refractivity contribution in [3.8, 4) is 11.5 Å². The summed E-state index contributed by atoms with van der Waals surface area (Å²) in [6.07, 6.45) is 0. The normalized spacial score (nSPS) is 10.6. The standard InChI is InChI=1S/C8H10N6O2/c1-15-3-4-2-5(14-16-4)6-11-7(9)13-8(10)12-6/h2H,3H2,1H3,(H4,9,10,11,12,13). The van der Waals surface area contributed by atoms with Crippen LogP contribution in [0.5, 0.6) is 0 Å². The van der Waals surface area contributed by atoms with E-state index in [2.05, 4.69) is 20.1 Å². The Morgan fingerprint density at radius 2 is 1.94 bits per heavy atom. The number of nitrogens with zero attached hydrogens (tertiary/aromatic N) is 4. The predicted octanol–water partition coefficient (Wildman–Crippen LogP) is -0.163. The molecule has 0 aliphatic carbocycles. The van der Waals surface area contributed by atoms with Crippen LogP contribution in [0.3, 0.4) is 0 Å². The average molecular weight is 222 g/mol. The molecule has 2 aromatic heterocycles. The molecule has 0 radical (unpaired) electrons. The Morgan fingerprint density at radius 3 is 2.56 bits per heavy atom. The molecule has 8 nitrogen and oxygen atoms in total. The Kier molecular flexibility index (Phi) is 2.64. The van der Waals surface area contributed by atoms with Crippen LogP contribution in [0, 0.1) is 0 Å². The van der Waals surface area contributed by atoms with Gasteiger partial charge < -0.3 is 20.7 Å². The molecule has 16 heavy (non-hydrogen) atoms. The van der Waals surface area contributed by atoms with Gasteiger partial charge in [-0.3, -0.25) is 0 Å². The fraction of sp³-hybridized carbons (Fsp3) is 0.250. The summed E-state index contributed by atoms with van der Waals surface area (Å²) < 4.78 is 9.87. The first kappa shape index (κ1) is 10.3. The zero-order valence-corrected chi connectivity index (χ0v) is 8.54. The van der Waals surface area contributed by atoms with Gasteiger partial charge in [-0.25, -0.2) is 0 Å². The van der Waals surface area contributed by atoms with E-state index in [1.807, 2.05) is 0 Å². The number of rotatable bonds is 3. The lowest BCUT2D eigenvalue weighted by atomic mass is 10.3. The molecular weight excluding hydrogens is 212 g/mol. The number of aromatic nitrogens is 4. The third-order valence-corrected chi connectivity index (χ3v) is 1.74. The summed E-state index contributed by atoms with van der Waals surface area (Å²) >= 11 is 0. The van der Waals surface area contributed by atoms with Crippen molar-refractivity contribution in [3.63, 3.8) is 0 Å². The SMILES string of the molecule is COCc1cc(-c2nc(N)nc(N)n2)no1. The minimum Gasteiger partial charge on any atom is -0.377 e. The van der Waals surface area contributed by atoms with Crippen LogP contribution >= 0.6 is 0 Å². The lowest BCUT2D eigenvalue weighted by molar-refractivity contribution is 0.156. The van der Waals surface area contributed by atoms with Crippen molar-refractivity contribution in [3.05, 3.63) is 11.8 Å². The molecule has 0 saturated carbocycles. The molecule has 0 atom stereocenters.